The summed E-state index contributed by atoms with van der Waals surface area (Å²) >= 11 is 0. The zero-order valence-corrected chi connectivity index (χ0v) is 11.1. The predicted molar refractivity (Wildman–Crippen MR) is 74.2 cm³/mol. The fraction of sp³-hybridized carbons (Fsp3) is 0.400. The Kier molecular flexibility index (Phi) is 3.40. The SMILES string of the molecule is CC(C)(C)NC(C#N)Cn1ccc2ccccc21. The van der Waals surface area contributed by atoms with Gasteiger partial charge >= 0.3 is 0 Å². The van der Waals surface area contributed by atoms with E-state index < -0.39 is 0 Å². The summed E-state index contributed by atoms with van der Waals surface area (Å²) in [7, 11) is 0. The third kappa shape index (κ3) is 2.91. The molecule has 94 valence electrons. The number of nitriles is 1. The molecule has 3 nitrogen and oxygen atoms in total. The van der Waals surface area contributed by atoms with Crippen molar-refractivity contribution >= 4 is 10.9 Å². The number of hydrogen-bond donors (Lipinski definition) is 1. The third-order valence-corrected chi connectivity index (χ3v) is 2.82. The minimum absolute atomic E-state index is 0.0522. The standard InChI is InChI=1S/C15H19N3/c1-15(2,3)17-13(10-16)11-18-9-8-12-6-4-5-7-14(12)18/h4-9,13,17H,11H2,1-3H3. The van der Waals surface area contributed by atoms with E-state index in [1.807, 2.05) is 18.3 Å². The molecule has 0 amide bonds. The summed E-state index contributed by atoms with van der Waals surface area (Å²) in [5.41, 5.74) is 1.12. The molecule has 0 aliphatic carbocycles. The lowest BCUT2D eigenvalue weighted by molar-refractivity contribution is 0.375. The maximum absolute atomic E-state index is 9.23. The molecule has 0 spiro atoms. The highest BCUT2D eigenvalue weighted by Gasteiger charge is 2.17. The molecular weight excluding hydrogens is 222 g/mol. The summed E-state index contributed by atoms with van der Waals surface area (Å²) in [6.45, 7) is 6.89. The second-order valence-electron chi connectivity index (χ2n) is 5.60. The van der Waals surface area contributed by atoms with E-state index in [1.165, 1.54) is 10.9 Å². The summed E-state index contributed by atoms with van der Waals surface area (Å²) in [6, 6.07) is 12.5. The van der Waals surface area contributed by atoms with Gasteiger partial charge in [-0.05, 0) is 38.3 Å². The fourth-order valence-electron chi connectivity index (χ4n) is 2.14. The Morgan fingerprint density at radius 1 is 1.28 bits per heavy atom. The number of fused-ring (bicyclic) bond motifs is 1. The van der Waals surface area contributed by atoms with Crippen LogP contribution in [0.4, 0.5) is 0 Å². The van der Waals surface area contributed by atoms with Crippen LogP contribution in [0.15, 0.2) is 36.5 Å². The van der Waals surface area contributed by atoms with Gasteiger partial charge in [-0.3, -0.25) is 5.32 Å². The zero-order valence-electron chi connectivity index (χ0n) is 11.1. The minimum Gasteiger partial charge on any atom is -0.345 e. The molecule has 0 saturated heterocycles. The lowest BCUT2D eigenvalue weighted by Gasteiger charge is -2.24. The number of benzene rings is 1. The van der Waals surface area contributed by atoms with Gasteiger partial charge in [0.05, 0.1) is 12.6 Å². The summed E-state index contributed by atoms with van der Waals surface area (Å²) in [5, 5.41) is 13.8. The van der Waals surface area contributed by atoms with E-state index in [2.05, 4.69) is 54.9 Å². The lowest BCUT2D eigenvalue weighted by Crippen LogP contribution is -2.44. The van der Waals surface area contributed by atoms with Crippen LogP contribution < -0.4 is 5.32 Å². The maximum atomic E-state index is 9.23. The van der Waals surface area contributed by atoms with E-state index in [0.717, 1.165) is 0 Å². The topological polar surface area (TPSA) is 40.8 Å². The van der Waals surface area contributed by atoms with Crippen LogP contribution in [-0.2, 0) is 6.54 Å². The van der Waals surface area contributed by atoms with E-state index in [-0.39, 0.29) is 11.6 Å². The fourth-order valence-corrected chi connectivity index (χ4v) is 2.14. The normalized spacial score (nSPS) is 13.4. The van der Waals surface area contributed by atoms with Crippen LogP contribution in [0.2, 0.25) is 0 Å². The first kappa shape index (κ1) is 12.7. The van der Waals surface area contributed by atoms with Crippen molar-refractivity contribution in [3.63, 3.8) is 0 Å². The monoisotopic (exact) mass is 241 g/mol. The largest absolute Gasteiger partial charge is 0.345 e. The van der Waals surface area contributed by atoms with Crippen molar-refractivity contribution in [2.24, 2.45) is 0 Å². The lowest BCUT2D eigenvalue weighted by atomic mass is 10.1. The van der Waals surface area contributed by atoms with Gasteiger partial charge in [0.25, 0.3) is 0 Å². The Morgan fingerprint density at radius 3 is 2.67 bits per heavy atom. The number of para-hydroxylation sites is 1. The molecule has 0 bridgehead atoms. The highest BCUT2D eigenvalue weighted by molar-refractivity contribution is 5.79. The summed E-state index contributed by atoms with van der Waals surface area (Å²) in [6.07, 6.45) is 2.04. The molecule has 0 aliphatic heterocycles. The Balaban J connectivity index is 2.20. The first-order valence-electron chi connectivity index (χ1n) is 6.21. The average molecular weight is 241 g/mol. The maximum Gasteiger partial charge on any atom is 0.114 e. The van der Waals surface area contributed by atoms with Crippen molar-refractivity contribution in [2.75, 3.05) is 0 Å². The smallest absolute Gasteiger partial charge is 0.114 e. The van der Waals surface area contributed by atoms with Gasteiger partial charge in [0, 0.05) is 17.3 Å². The van der Waals surface area contributed by atoms with Gasteiger partial charge in [0.1, 0.15) is 6.04 Å². The van der Waals surface area contributed by atoms with Crippen molar-refractivity contribution in [2.45, 2.75) is 38.9 Å². The Morgan fingerprint density at radius 2 is 2.00 bits per heavy atom. The van der Waals surface area contributed by atoms with E-state index in [0.29, 0.717) is 6.54 Å². The number of rotatable bonds is 3. The van der Waals surface area contributed by atoms with Gasteiger partial charge in [-0.2, -0.15) is 5.26 Å². The van der Waals surface area contributed by atoms with Crippen LogP contribution >= 0.6 is 0 Å². The molecule has 1 unspecified atom stereocenters. The predicted octanol–water partition coefficient (Wildman–Crippen LogP) is 2.92. The molecule has 0 fully saturated rings. The molecule has 3 heteroatoms. The highest BCUT2D eigenvalue weighted by Crippen LogP contribution is 2.15. The van der Waals surface area contributed by atoms with Crippen LogP contribution in [0.25, 0.3) is 10.9 Å². The first-order valence-corrected chi connectivity index (χ1v) is 6.21. The Bertz CT molecular complexity index is 569. The molecular formula is C15H19N3. The van der Waals surface area contributed by atoms with Crippen molar-refractivity contribution < 1.29 is 0 Å². The molecule has 2 rings (SSSR count). The molecule has 18 heavy (non-hydrogen) atoms. The van der Waals surface area contributed by atoms with Crippen LogP contribution in [0.1, 0.15) is 20.8 Å². The number of nitrogens with one attached hydrogen (secondary N) is 1. The number of nitrogens with zero attached hydrogens (tertiary/aromatic N) is 2. The molecule has 0 saturated carbocycles. The second kappa shape index (κ2) is 4.83. The van der Waals surface area contributed by atoms with E-state index in [4.69, 9.17) is 0 Å². The first-order chi connectivity index (χ1) is 8.49. The van der Waals surface area contributed by atoms with E-state index in [1.54, 1.807) is 0 Å². The molecule has 1 aromatic carbocycles. The van der Waals surface area contributed by atoms with Crippen LogP contribution in [0.5, 0.6) is 0 Å². The van der Waals surface area contributed by atoms with Crippen LogP contribution in [-0.4, -0.2) is 16.1 Å². The second-order valence-corrected chi connectivity index (χ2v) is 5.60. The highest BCUT2D eigenvalue weighted by atomic mass is 15.1. The average Bonchev–Trinajstić information content (AvgIpc) is 2.70. The van der Waals surface area contributed by atoms with Gasteiger partial charge in [0.15, 0.2) is 0 Å². The summed E-state index contributed by atoms with van der Waals surface area (Å²) < 4.78 is 2.13. The quantitative estimate of drug-likeness (QED) is 0.897. The Hall–Kier alpha value is -1.79. The van der Waals surface area contributed by atoms with Crippen molar-refractivity contribution in [3.05, 3.63) is 36.5 Å². The number of aromatic nitrogens is 1. The molecule has 2 aromatic rings. The summed E-state index contributed by atoms with van der Waals surface area (Å²) in [4.78, 5) is 0. The van der Waals surface area contributed by atoms with E-state index >= 15 is 0 Å². The summed E-state index contributed by atoms with van der Waals surface area (Å²) in [5.74, 6) is 0. The molecule has 0 aliphatic rings. The molecule has 1 aromatic heterocycles. The zero-order chi connectivity index (χ0) is 13.2. The molecule has 1 N–H and O–H groups in total. The van der Waals surface area contributed by atoms with Crippen molar-refractivity contribution in [1.29, 1.82) is 5.26 Å². The minimum atomic E-state index is -0.180. The molecule has 1 atom stereocenters. The van der Waals surface area contributed by atoms with Crippen molar-refractivity contribution in [3.8, 4) is 6.07 Å². The van der Waals surface area contributed by atoms with Crippen molar-refractivity contribution in [1.82, 2.24) is 9.88 Å². The third-order valence-electron chi connectivity index (χ3n) is 2.82. The molecule has 1 heterocycles. The Labute approximate surface area is 108 Å². The molecule has 0 radical (unpaired) electrons. The van der Waals surface area contributed by atoms with Gasteiger partial charge in [-0.15, -0.1) is 0 Å². The van der Waals surface area contributed by atoms with E-state index in [9.17, 15) is 5.26 Å². The van der Waals surface area contributed by atoms with Crippen LogP contribution in [0.3, 0.4) is 0 Å². The van der Waals surface area contributed by atoms with Gasteiger partial charge < -0.3 is 4.57 Å². The van der Waals surface area contributed by atoms with Gasteiger partial charge in [-0.25, -0.2) is 0 Å². The number of hydrogen-bond acceptors (Lipinski definition) is 2. The van der Waals surface area contributed by atoms with Crippen LogP contribution in [0, 0.1) is 11.3 Å². The van der Waals surface area contributed by atoms with Gasteiger partial charge in [-0.1, -0.05) is 18.2 Å². The van der Waals surface area contributed by atoms with Gasteiger partial charge in [0.2, 0.25) is 0 Å².